The van der Waals surface area contributed by atoms with Crippen LogP contribution < -0.4 is 20.3 Å². The molecular weight excluding hydrogens is 545 g/mol. The van der Waals surface area contributed by atoms with Crippen LogP contribution in [0.15, 0.2) is 71.2 Å². The Balaban J connectivity index is 1.62. The first kappa shape index (κ1) is 22.5. The van der Waals surface area contributed by atoms with Crippen molar-refractivity contribution in [1.29, 1.82) is 0 Å². The highest BCUT2D eigenvalue weighted by Gasteiger charge is 2.59. The third-order valence-corrected chi connectivity index (χ3v) is 7.26. The number of carbonyl (C=O) groups is 1. The van der Waals surface area contributed by atoms with Gasteiger partial charge >= 0.3 is 0 Å². The van der Waals surface area contributed by atoms with Crippen LogP contribution in [0.1, 0.15) is 18.5 Å². The lowest BCUT2D eigenvalue weighted by Gasteiger charge is -2.56. The summed E-state index contributed by atoms with van der Waals surface area (Å²) in [6.07, 6.45) is 0. The molecule has 0 aromatic heterocycles. The molecule has 3 aromatic carbocycles. The predicted molar refractivity (Wildman–Crippen MR) is 139 cm³/mol. The fraction of sp³-hybridized carbons (Fsp3) is 0.167. The summed E-state index contributed by atoms with van der Waals surface area (Å²) in [5.74, 6) is -0.221. The molecule has 1 saturated heterocycles. The van der Waals surface area contributed by atoms with E-state index in [0.29, 0.717) is 26.6 Å². The number of rotatable bonds is 3. The second kappa shape index (κ2) is 8.47. The molecule has 2 bridgehead atoms. The minimum atomic E-state index is -1.10. The van der Waals surface area contributed by atoms with Crippen molar-refractivity contribution in [3.8, 4) is 5.75 Å². The molecule has 33 heavy (non-hydrogen) atoms. The Labute approximate surface area is 215 Å². The average Bonchev–Trinajstić information content (AvgIpc) is 2.77. The number of halogens is 3. The van der Waals surface area contributed by atoms with Gasteiger partial charge < -0.3 is 15.4 Å². The Kier molecular flexibility index (Phi) is 5.77. The minimum Gasteiger partial charge on any atom is -0.467 e. The number of anilines is 2. The highest BCUT2D eigenvalue weighted by atomic mass is 79.9. The number of amides is 1. The predicted octanol–water partition coefficient (Wildman–Crippen LogP) is 6.56. The zero-order valence-corrected chi connectivity index (χ0v) is 21.2. The van der Waals surface area contributed by atoms with E-state index < -0.39 is 17.7 Å². The molecule has 5 nitrogen and oxygen atoms in total. The van der Waals surface area contributed by atoms with Crippen LogP contribution in [0.2, 0.25) is 10.0 Å². The molecule has 0 saturated carbocycles. The Morgan fingerprint density at radius 2 is 1.76 bits per heavy atom. The summed E-state index contributed by atoms with van der Waals surface area (Å²) in [7, 11) is 0. The van der Waals surface area contributed by atoms with E-state index in [4.69, 9.17) is 40.2 Å². The largest absolute Gasteiger partial charge is 0.467 e. The Bertz CT molecular complexity index is 1260. The van der Waals surface area contributed by atoms with Gasteiger partial charge in [0, 0.05) is 31.5 Å². The fourth-order valence-corrected chi connectivity index (χ4v) is 5.47. The number of hydrogen-bond donors (Lipinski definition) is 2. The van der Waals surface area contributed by atoms with Gasteiger partial charge in [0.05, 0.1) is 6.04 Å². The molecule has 3 aromatic rings. The molecule has 0 unspecified atom stereocenters. The third kappa shape index (κ3) is 3.97. The number of nitrogens with zero attached hydrogens (tertiary/aromatic N) is 1. The summed E-state index contributed by atoms with van der Waals surface area (Å²) in [4.78, 5) is 15.6. The number of thiocarbonyl (C=S) groups is 1. The average molecular weight is 563 g/mol. The van der Waals surface area contributed by atoms with Crippen LogP contribution in [0.3, 0.4) is 0 Å². The zero-order valence-electron chi connectivity index (χ0n) is 17.3. The van der Waals surface area contributed by atoms with E-state index in [2.05, 4.69) is 26.6 Å². The van der Waals surface area contributed by atoms with E-state index in [0.717, 1.165) is 15.7 Å². The van der Waals surface area contributed by atoms with Gasteiger partial charge in [-0.1, -0.05) is 39.1 Å². The maximum Gasteiger partial charge on any atom is 0.236 e. The molecule has 0 aliphatic carbocycles. The van der Waals surface area contributed by atoms with Gasteiger partial charge in [0.15, 0.2) is 10.8 Å². The standard InChI is InChI=1S/C24H18BrCl2N3O2S/c1-24-20(22(31)28-16-7-4-14(26)5-8-16)21(18-12-15(27)6-11-19(18)32-24)29-23(33)30(24)17-9-2-13(25)3-10-17/h2-12,20-21H,1H3,(H,28,31)(H,29,33)/t20-,21+,24-/m0/s1. The van der Waals surface area contributed by atoms with Crippen molar-refractivity contribution in [3.05, 3.63) is 86.8 Å². The maximum atomic E-state index is 13.7. The van der Waals surface area contributed by atoms with E-state index in [-0.39, 0.29) is 5.91 Å². The van der Waals surface area contributed by atoms with Gasteiger partial charge in [0.2, 0.25) is 5.91 Å². The fourth-order valence-electron chi connectivity index (χ4n) is 4.49. The first-order valence-electron chi connectivity index (χ1n) is 10.2. The first-order chi connectivity index (χ1) is 15.8. The van der Waals surface area contributed by atoms with Gasteiger partial charge in [-0.3, -0.25) is 9.69 Å². The van der Waals surface area contributed by atoms with Gasteiger partial charge in [0.1, 0.15) is 11.7 Å². The molecule has 0 radical (unpaired) electrons. The number of nitrogens with one attached hydrogen (secondary N) is 2. The number of ether oxygens (including phenoxy) is 1. The van der Waals surface area contributed by atoms with Crippen LogP contribution in [0, 0.1) is 5.92 Å². The van der Waals surface area contributed by atoms with Crippen LogP contribution in [0.25, 0.3) is 0 Å². The number of fused-ring (bicyclic) bond motifs is 4. The van der Waals surface area contributed by atoms with Crippen LogP contribution in [0.5, 0.6) is 5.75 Å². The van der Waals surface area contributed by atoms with Gasteiger partial charge in [0.25, 0.3) is 0 Å². The van der Waals surface area contributed by atoms with Crippen molar-refractivity contribution in [2.45, 2.75) is 18.7 Å². The smallest absolute Gasteiger partial charge is 0.236 e. The lowest BCUT2D eigenvalue weighted by Crippen LogP contribution is -2.72. The molecule has 2 aliphatic rings. The van der Waals surface area contributed by atoms with Crippen LogP contribution in [-0.2, 0) is 4.79 Å². The number of hydrogen-bond acceptors (Lipinski definition) is 3. The SMILES string of the molecule is C[C@@]12Oc3ccc(Cl)cc3[C@@H](NC(=S)N1c1ccc(Br)cc1)[C@H]2C(=O)Nc1ccc(Cl)cc1. The Morgan fingerprint density at radius 3 is 2.45 bits per heavy atom. The zero-order chi connectivity index (χ0) is 23.3. The lowest BCUT2D eigenvalue weighted by molar-refractivity contribution is -0.130. The number of benzene rings is 3. The van der Waals surface area contributed by atoms with E-state index >= 15 is 0 Å². The first-order valence-corrected chi connectivity index (χ1v) is 12.1. The van der Waals surface area contributed by atoms with Gasteiger partial charge in [-0.2, -0.15) is 0 Å². The Morgan fingerprint density at radius 1 is 1.09 bits per heavy atom. The molecule has 1 amide bonds. The van der Waals surface area contributed by atoms with E-state index in [1.807, 2.05) is 48.2 Å². The molecule has 5 rings (SSSR count). The monoisotopic (exact) mass is 561 g/mol. The highest BCUT2D eigenvalue weighted by Crippen LogP contribution is 2.50. The third-order valence-electron chi connectivity index (χ3n) is 5.94. The molecule has 2 heterocycles. The summed E-state index contributed by atoms with van der Waals surface area (Å²) in [5.41, 5.74) is 1.13. The molecular formula is C24H18BrCl2N3O2S. The number of carbonyl (C=O) groups excluding carboxylic acids is 1. The quantitative estimate of drug-likeness (QED) is 0.354. The summed E-state index contributed by atoms with van der Waals surface area (Å²) in [5, 5.41) is 7.99. The molecule has 168 valence electrons. The Hall–Kier alpha value is -2.32. The minimum absolute atomic E-state index is 0.215. The second-order valence-electron chi connectivity index (χ2n) is 8.05. The molecule has 0 spiro atoms. The van der Waals surface area contributed by atoms with Crippen LogP contribution in [0.4, 0.5) is 11.4 Å². The van der Waals surface area contributed by atoms with Gasteiger partial charge in [-0.05, 0) is 85.9 Å². The molecule has 1 fully saturated rings. The highest BCUT2D eigenvalue weighted by molar-refractivity contribution is 9.10. The van der Waals surface area contributed by atoms with Crippen molar-refractivity contribution < 1.29 is 9.53 Å². The van der Waals surface area contributed by atoms with Crippen molar-refractivity contribution in [3.63, 3.8) is 0 Å². The summed E-state index contributed by atoms with van der Waals surface area (Å²) < 4.78 is 7.49. The van der Waals surface area contributed by atoms with E-state index in [1.165, 1.54) is 0 Å². The lowest BCUT2D eigenvalue weighted by atomic mass is 9.78. The van der Waals surface area contributed by atoms with Crippen molar-refractivity contribution in [2.75, 3.05) is 10.2 Å². The summed E-state index contributed by atoms with van der Waals surface area (Å²) in [6, 6.07) is 19.7. The normalized spacial score (nSPS) is 23.3. The second-order valence-corrected chi connectivity index (χ2v) is 10.2. The maximum absolute atomic E-state index is 13.7. The van der Waals surface area contributed by atoms with Crippen molar-refractivity contribution in [1.82, 2.24) is 5.32 Å². The molecule has 2 N–H and O–H groups in total. The summed E-state index contributed by atoms with van der Waals surface area (Å²) >= 11 is 21.5. The summed E-state index contributed by atoms with van der Waals surface area (Å²) in [6.45, 7) is 1.89. The topological polar surface area (TPSA) is 53.6 Å². The van der Waals surface area contributed by atoms with Crippen molar-refractivity contribution >= 4 is 73.7 Å². The van der Waals surface area contributed by atoms with E-state index in [1.54, 1.807) is 30.3 Å². The molecule has 2 aliphatic heterocycles. The van der Waals surface area contributed by atoms with Gasteiger partial charge in [-0.25, -0.2) is 0 Å². The van der Waals surface area contributed by atoms with E-state index in [9.17, 15) is 4.79 Å². The van der Waals surface area contributed by atoms with Crippen molar-refractivity contribution in [2.24, 2.45) is 5.92 Å². The van der Waals surface area contributed by atoms with Crippen LogP contribution in [-0.4, -0.2) is 16.7 Å². The van der Waals surface area contributed by atoms with Crippen LogP contribution >= 0.6 is 51.3 Å². The molecule has 9 heteroatoms. The van der Waals surface area contributed by atoms with Gasteiger partial charge in [-0.15, -0.1) is 0 Å². The molecule has 3 atom stereocenters.